The van der Waals surface area contributed by atoms with E-state index in [0.717, 1.165) is 38.8 Å². The number of hydrogen-bond donors (Lipinski definition) is 2. The van der Waals surface area contributed by atoms with Gasteiger partial charge >= 0.3 is 0 Å². The summed E-state index contributed by atoms with van der Waals surface area (Å²) >= 11 is 0. The van der Waals surface area contributed by atoms with Crippen LogP contribution in [0.25, 0.3) is 0 Å². The average molecular weight is 255 g/mol. The van der Waals surface area contributed by atoms with Crippen molar-refractivity contribution in [2.75, 3.05) is 20.1 Å². The van der Waals surface area contributed by atoms with Gasteiger partial charge in [-0.2, -0.15) is 0 Å². The van der Waals surface area contributed by atoms with Gasteiger partial charge in [-0.3, -0.25) is 0 Å². The summed E-state index contributed by atoms with van der Waals surface area (Å²) in [7, 11) is 2.17. The Labute approximate surface area is 109 Å². The molecule has 1 aliphatic heterocycles. The van der Waals surface area contributed by atoms with Crippen LogP contribution in [0.5, 0.6) is 0 Å². The van der Waals surface area contributed by atoms with Crippen LogP contribution in [-0.4, -0.2) is 46.9 Å². The summed E-state index contributed by atoms with van der Waals surface area (Å²) in [6.07, 6.45) is 7.91. The fourth-order valence-electron chi connectivity index (χ4n) is 2.32. The summed E-state index contributed by atoms with van der Waals surface area (Å²) in [5.41, 5.74) is 1.09. The molecule has 0 saturated carbocycles. The molecule has 0 atom stereocenters. The van der Waals surface area contributed by atoms with Crippen molar-refractivity contribution in [3.05, 3.63) is 0 Å². The minimum atomic E-state index is 0.546. The molecular weight excluding hydrogens is 230 g/mol. The van der Waals surface area contributed by atoms with Gasteiger partial charge in [0.1, 0.15) is 11.4 Å². The number of hydrogen-bond acceptors (Lipinski definition) is 5. The van der Waals surface area contributed by atoms with E-state index in [1.807, 2.05) is 0 Å². The molecule has 0 spiro atoms. The molecule has 0 amide bonds. The highest BCUT2D eigenvalue weighted by atomic mass is 16.4. The number of nitrogens with zero attached hydrogens (tertiary/aromatic N) is 3. The minimum absolute atomic E-state index is 0.546. The first-order chi connectivity index (χ1) is 8.77. The predicted octanol–water partition coefficient (Wildman–Crippen LogP) is 2.71. The van der Waals surface area contributed by atoms with E-state index in [4.69, 9.17) is 10.4 Å². The van der Waals surface area contributed by atoms with E-state index in [0.29, 0.717) is 24.3 Å². The Morgan fingerprint density at radius 1 is 0.778 bits per heavy atom. The standard InChI is InChI=1S/C13H25N3O2/c1-16-10-6-2-4-8-12(14-17)13(15-18)9-5-3-7-11-16/h17-18H,2-11H2,1H3. The molecule has 0 unspecified atom stereocenters. The molecule has 0 aromatic rings. The van der Waals surface area contributed by atoms with Crippen molar-refractivity contribution in [1.29, 1.82) is 0 Å². The minimum Gasteiger partial charge on any atom is -0.411 e. The maximum Gasteiger partial charge on any atom is 0.104 e. The molecule has 1 aliphatic rings. The van der Waals surface area contributed by atoms with E-state index in [1.165, 1.54) is 12.8 Å². The van der Waals surface area contributed by atoms with Gasteiger partial charge in [0.05, 0.1) is 0 Å². The van der Waals surface area contributed by atoms with E-state index in [9.17, 15) is 0 Å². The predicted molar refractivity (Wildman–Crippen MR) is 72.9 cm³/mol. The Morgan fingerprint density at radius 2 is 1.22 bits per heavy atom. The Bertz CT molecular complexity index is 262. The molecule has 18 heavy (non-hydrogen) atoms. The SMILES string of the molecule is CN1CCCCCC(=NO)C(=NO)CCCCC1. The molecule has 1 heterocycles. The van der Waals surface area contributed by atoms with E-state index >= 15 is 0 Å². The fourth-order valence-corrected chi connectivity index (χ4v) is 2.32. The molecule has 0 aliphatic carbocycles. The second-order valence-corrected chi connectivity index (χ2v) is 5.02. The smallest absolute Gasteiger partial charge is 0.104 e. The number of oxime groups is 2. The molecule has 0 aromatic carbocycles. The van der Waals surface area contributed by atoms with Gasteiger partial charge in [-0.25, -0.2) is 0 Å². The van der Waals surface area contributed by atoms with Crippen molar-refractivity contribution in [2.45, 2.75) is 51.4 Å². The van der Waals surface area contributed by atoms with Gasteiger partial charge in [-0.1, -0.05) is 23.2 Å². The molecule has 5 heteroatoms. The zero-order chi connectivity index (χ0) is 13.2. The molecule has 0 aromatic heterocycles. The fraction of sp³-hybridized carbons (Fsp3) is 0.846. The third kappa shape index (κ3) is 5.49. The molecule has 1 rings (SSSR count). The highest BCUT2D eigenvalue weighted by molar-refractivity contribution is 6.42. The van der Waals surface area contributed by atoms with Crippen molar-refractivity contribution < 1.29 is 10.4 Å². The highest BCUT2D eigenvalue weighted by Gasteiger charge is 2.11. The van der Waals surface area contributed by atoms with Crippen LogP contribution in [0.2, 0.25) is 0 Å². The lowest BCUT2D eigenvalue weighted by Gasteiger charge is -2.15. The van der Waals surface area contributed by atoms with Crippen LogP contribution >= 0.6 is 0 Å². The molecule has 1 fully saturated rings. The van der Waals surface area contributed by atoms with Crippen molar-refractivity contribution in [3.63, 3.8) is 0 Å². The number of rotatable bonds is 0. The molecule has 2 N–H and O–H groups in total. The summed E-state index contributed by atoms with van der Waals surface area (Å²) in [6, 6.07) is 0. The third-order valence-electron chi connectivity index (χ3n) is 3.48. The van der Waals surface area contributed by atoms with Crippen molar-refractivity contribution >= 4 is 11.4 Å². The molecule has 1 saturated heterocycles. The van der Waals surface area contributed by atoms with Crippen LogP contribution in [-0.2, 0) is 0 Å². The Morgan fingerprint density at radius 3 is 1.61 bits per heavy atom. The maximum absolute atomic E-state index is 8.98. The first kappa shape index (κ1) is 15.0. The normalized spacial score (nSPS) is 26.5. The summed E-state index contributed by atoms with van der Waals surface area (Å²) < 4.78 is 0. The summed E-state index contributed by atoms with van der Waals surface area (Å²) in [4.78, 5) is 2.37. The van der Waals surface area contributed by atoms with Gasteiger partial charge in [0.15, 0.2) is 0 Å². The van der Waals surface area contributed by atoms with E-state index < -0.39 is 0 Å². The van der Waals surface area contributed by atoms with Gasteiger partial charge in [-0.05, 0) is 58.7 Å². The van der Waals surface area contributed by atoms with Crippen molar-refractivity contribution in [1.82, 2.24) is 4.90 Å². The van der Waals surface area contributed by atoms with Gasteiger partial charge in [0, 0.05) is 0 Å². The second-order valence-electron chi connectivity index (χ2n) is 5.02. The van der Waals surface area contributed by atoms with Gasteiger partial charge in [0.25, 0.3) is 0 Å². The van der Waals surface area contributed by atoms with Crippen LogP contribution in [0, 0.1) is 0 Å². The van der Waals surface area contributed by atoms with Crippen LogP contribution in [0.4, 0.5) is 0 Å². The van der Waals surface area contributed by atoms with E-state index in [-0.39, 0.29) is 0 Å². The lowest BCUT2D eigenvalue weighted by Crippen LogP contribution is -2.20. The Hall–Kier alpha value is -1.10. The monoisotopic (exact) mass is 255 g/mol. The van der Waals surface area contributed by atoms with Gasteiger partial charge in [0.2, 0.25) is 0 Å². The van der Waals surface area contributed by atoms with Crippen LogP contribution in [0.15, 0.2) is 10.3 Å². The summed E-state index contributed by atoms with van der Waals surface area (Å²) in [5, 5.41) is 24.5. The van der Waals surface area contributed by atoms with Gasteiger partial charge < -0.3 is 15.3 Å². The molecule has 5 nitrogen and oxygen atoms in total. The van der Waals surface area contributed by atoms with Crippen LogP contribution in [0.1, 0.15) is 51.4 Å². The van der Waals surface area contributed by atoms with Crippen LogP contribution < -0.4 is 0 Å². The lowest BCUT2D eigenvalue weighted by molar-refractivity contribution is 0.312. The summed E-state index contributed by atoms with van der Waals surface area (Å²) in [6.45, 7) is 2.26. The van der Waals surface area contributed by atoms with Gasteiger partial charge in [-0.15, -0.1) is 0 Å². The van der Waals surface area contributed by atoms with E-state index in [1.54, 1.807) is 0 Å². The zero-order valence-corrected chi connectivity index (χ0v) is 11.3. The van der Waals surface area contributed by atoms with E-state index in [2.05, 4.69) is 22.3 Å². The molecule has 0 radical (unpaired) electrons. The van der Waals surface area contributed by atoms with Crippen molar-refractivity contribution in [3.8, 4) is 0 Å². The maximum atomic E-state index is 8.98. The van der Waals surface area contributed by atoms with Crippen LogP contribution in [0.3, 0.4) is 0 Å². The largest absolute Gasteiger partial charge is 0.411 e. The topological polar surface area (TPSA) is 68.4 Å². The third-order valence-corrected chi connectivity index (χ3v) is 3.48. The zero-order valence-electron chi connectivity index (χ0n) is 11.3. The van der Waals surface area contributed by atoms with Crippen molar-refractivity contribution in [2.24, 2.45) is 10.3 Å². The molecule has 104 valence electrons. The first-order valence-electron chi connectivity index (χ1n) is 6.88. The molecular formula is C13H25N3O2. The average Bonchev–Trinajstić information content (AvgIpc) is 2.40. The quantitative estimate of drug-likeness (QED) is 0.516. The summed E-state index contributed by atoms with van der Waals surface area (Å²) in [5.74, 6) is 0. The highest BCUT2D eigenvalue weighted by Crippen LogP contribution is 2.10. The Kier molecular flexibility index (Phi) is 7.41. The lowest BCUT2D eigenvalue weighted by atomic mass is 10.0. The molecule has 0 bridgehead atoms. The Balaban J connectivity index is 2.55. The second kappa shape index (κ2) is 8.91. The first-order valence-corrected chi connectivity index (χ1v) is 6.88.